The third-order valence-electron chi connectivity index (χ3n) is 9.02. The van der Waals surface area contributed by atoms with Gasteiger partial charge >= 0.3 is 0 Å². The lowest BCUT2D eigenvalue weighted by Crippen LogP contribution is -2.56. The Labute approximate surface area is 287 Å². The number of carbonyl (C=O) groups excluding carboxylic acids is 1. The molecule has 2 saturated heterocycles. The zero-order valence-corrected chi connectivity index (χ0v) is 28.3. The molecule has 2 fully saturated rings. The number of imidazole rings is 1. The summed E-state index contributed by atoms with van der Waals surface area (Å²) in [6.45, 7) is 8.64. The second-order valence-electron chi connectivity index (χ2n) is 11.6. The first-order valence-corrected chi connectivity index (χ1v) is 16.2. The minimum atomic E-state index is -0.303. The number of nitrogens with zero attached hydrogens (tertiary/aromatic N) is 5. The largest absolute Gasteiger partial charge is 0.496 e. The van der Waals surface area contributed by atoms with E-state index in [0.717, 1.165) is 56.0 Å². The van der Waals surface area contributed by atoms with E-state index in [4.69, 9.17) is 47.1 Å². The fourth-order valence-corrected chi connectivity index (χ4v) is 7.10. The molecule has 0 saturated carbocycles. The van der Waals surface area contributed by atoms with Gasteiger partial charge in [0.2, 0.25) is 5.91 Å². The number of hydrogen-bond donors (Lipinski definition) is 1. The molecule has 5 aromatic rings. The predicted molar refractivity (Wildman–Crippen MR) is 188 cm³/mol. The van der Waals surface area contributed by atoms with E-state index in [-0.39, 0.29) is 5.91 Å². The van der Waals surface area contributed by atoms with Crippen LogP contribution in [0.1, 0.15) is 0 Å². The summed E-state index contributed by atoms with van der Waals surface area (Å²) in [6, 6.07) is 9.94. The monoisotopic (exact) mass is 688 g/mol. The highest BCUT2D eigenvalue weighted by Gasteiger charge is 2.30. The van der Waals surface area contributed by atoms with Crippen LogP contribution in [-0.2, 0) is 9.53 Å². The van der Waals surface area contributed by atoms with E-state index >= 15 is 0 Å². The molecule has 2 aromatic carbocycles. The Morgan fingerprint density at radius 1 is 0.938 bits per heavy atom. The first-order valence-electron chi connectivity index (χ1n) is 15.4. The molecule has 0 radical (unpaired) electrons. The van der Waals surface area contributed by atoms with Crippen molar-refractivity contribution in [3.63, 3.8) is 0 Å². The van der Waals surface area contributed by atoms with Gasteiger partial charge in [0, 0.05) is 79.0 Å². The third-order valence-corrected chi connectivity index (χ3v) is 9.78. The number of hydrogen-bond acceptors (Lipinski definition) is 9. The first-order chi connectivity index (χ1) is 23.3. The highest BCUT2D eigenvalue weighted by Crippen LogP contribution is 2.48. The molecule has 248 valence electrons. The number of anilines is 2. The Balaban J connectivity index is 1.33. The van der Waals surface area contributed by atoms with Gasteiger partial charge in [-0.15, -0.1) is 0 Å². The van der Waals surface area contributed by atoms with Gasteiger partial charge in [-0.05, 0) is 24.3 Å². The van der Waals surface area contributed by atoms with Crippen LogP contribution in [0, 0.1) is 0 Å². The highest BCUT2D eigenvalue weighted by atomic mass is 35.5. The van der Waals surface area contributed by atoms with Gasteiger partial charge < -0.3 is 29.2 Å². The number of methoxy groups -OCH3 is 3. The van der Waals surface area contributed by atoms with Gasteiger partial charge in [0.1, 0.15) is 22.9 Å². The standard InChI is InChI=1S/C35H34Cl2N6O5/c1-5-31(44)40-25-13-22(28(45-2)15-27(25)42-10-8-41(9-11-42)21-18-48-19-21)24-14-26-20(17-39-24)12-23(35-38-6-7-43(26)35)32-33(36)29(46-3)16-30(47-4)34(32)37/h5-7,12-17,21H,1,8-11,18-19H2,2-4H3,(H,40,44). The predicted octanol–water partition coefficient (Wildman–Crippen LogP) is 6.19. The van der Waals surface area contributed by atoms with Gasteiger partial charge in [0.05, 0.1) is 73.2 Å². The SMILES string of the molecule is C=CC(=O)Nc1cc(-c2cc3c(cn2)cc(-c2c(Cl)c(OC)cc(OC)c2Cl)c2nccn23)c(OC)cc1N1CCN(C2COC2)CC1. The normalized spacial score (nSPS) is 15.4. The van der Waals surface area contributed by atoms with E-state index in [2.05, 4.69) is 26.7 Å². The number of pyridine rings is 2. The van der Waals surface area contributed by atoms with Crippen LogP contribution < -0.4 is 24.4 Å². The summed E-state index contributed by atoms with van der Waals surface area (Å²) < 4.78 is 24.3. The van der Waals surface area contributed by atoms with E-state index in [9.17, 15) is 4.79 Å². The molecule has 0 bridgehead atoms. The van der Waals surface area contributed by atoms with Crippen molar-refractivity contribution < 1.29 is 23.7 Å². The molecule has 0 unspecified atom stereocenters. The molecule has 11 nitrogen and oxygen atoms in total. The summed E-state index contributed by atoms with van der Waals surface area (Å²) in [5.74, 6) is 1.18. The highest BCUT2D eigenvalue weighted by molar-refractivity contribution is 6.41. The van der Waals surface area contributed by atoms with Crippen LogP contribution in [0.25, 0.3) is 38.9 Å². The van der Waals surface area contributed by atoms with Crippen LogP contribution in [0.15, 0.2) is 61.6 Å². The molecular formula is C35H34Cl2N6O5. The quantitative estimate of drug-likeness (QED) is 0.182. The van der Waals surface area contributed by atoms with Crippen LogP contribution in [-0.4, -0.2) is 91.9 Å². The molecule has 0 atom stereocenters. The lowest BCUT2D eigenvalue weighted by atomic mass is 10.0. The topological polar surface area (TPSA) is 103 Å². The van der Waals surface area contributed by atoms with Gasteiger partial charge in [-0.3, -0.25) is 19.1 Å². The van der Waals surface area contributed by atoms with E-state index in [1.54, 1.807) is 25.6 Å². The number of amides is 1. The van der Waals surface area contributed by atoms with E-state index in [1.807, 2.05) is 34.9 Å². The zero-order valence-electron chi connectivity index (χ0n) is 26.8. The van der Waals surface area contributed by atoms with Gasteiger partial charge in [-0.1, -0.05) is 29.8 Å². The van der Waals surface area contributed by atoms with E-state index < -0.39 is 0 Å². The Bertz CT molecular complexity index is 2030. The first kappa shape index (κ1) is 32.0. The number of benzene rings is 2. The number of rotatable bonds is 9. The Hall–Kier alpha value is -4.55. The third kappa shape index (κ3) is 5.56. The van der Waals surface area contributed by atoms with E-state index in [1.165, 1.54) is 20.3 Å². The second kappa shape index (κ2) is 13.2. The van der Waals surface area contributed by atoms with Crippen molar-refractivity contribution in [1.29, 1.82) is 0 Å². The van der Waals surface area contributed by atoms with Crippen LogP contribution >= 0.6 is 23.2 Å². The maximum absolute atomic E-state index is 12.6. The summed E-state index contributed by atoms with van der Waals surface area (Å²) in [7, 11) is 4.71. The molecule has 2 aliphatic rings. The summed E-state index contributed by atoms with van der Waals surface area (Å²) in [5.41, 5.74) is 5.60. The number of nitrogens with one attached hydrogen (secondary N) is 1. The van der Waals surface area contributed by atoms with Crippen molar-refractivity contribution in [2.45, 2.75) is 6.04 Å². The molecule has 5 heterocycles. The van der Waals surface area contributed by atoms with Crippen molar-refractivity contribution in [2.75, 3.05) is 70.9 Å². The minimum Gasteiger partial charge on any atom is -0.496 e. The molecule has 0 spiro atoms. The summed E-state index contributed by atoms with van der Waals surface area (Å²) in [5, 5.41) is 4.52. The number of fused-ring (bicyclic) bond motifs is 3. The number of piperazine rings is 1. The zero-order chi connectivity index (χ0) is 33.5. The second-order valence-corrected chi connectivity index (χ2v) is 12.3. The van der Waals surface area contributed by atoms with Gasteiger partial charge in [0.15, 0.2) is 0 Å². The fourth-order valence-electron chi connectivity index (χ4n) is 6.39. The molecule has 48 heavy (non-hydrogen) atoms. The Morgan fingerprint density at radius 2 is 1.65 bits per heavy atom. The molecule has 1 amide bonds. The van der Waals surface area contributed by atoms with Crippen molar-refractivity contribution >= 4 is 57.0 Å². The smallest absolute Gasteiger partial charge is 0.247 e. The molecule has 1 N–H and O–H groups in total. The summed E-state index contributed by atoms with van der Waals surface area (Å²) >= 11 is 13.6. The summed E-state index contributed by atoms with van der Waals surface area (Å²) in [6.07, 6.45) is 6.63. The van der Waals surface area contributed by atoms with Gasteiger partial charge in [-0.25, -0.2) is 4.98 Å². The van der Waals surface area contributed by atoms with Crippen LogP contribution in [0.2, 0.25) is 10.0 Å². The van der Waals surface area contributed by atoms with Crippen LogP contribution in [0.3, 0.4) is 0 Å². The van der Waals surface area contributed by atoms with Crippen molar-refractivity contribution in [3.8, 4) is 39.6 Å². The lowest BCUT2D eigenvalue weighted by Gasteiger charge is -2.43. The average Bonchev–Trinajstić information content (AvgIpc) is 3.58. The van der Waals surface area contributed by atoms with Gasteiger partial charge in [0.25, 0.3) is 0 Å². The number of carbonyl (C=O) groups is 1. The molecular weight excluding hydrogens is 655 g/mol. The summed E-state index contributed by atoms with van der Waals surface area (Å²) in [4.78, 5) is 26.9. The van der Waals surface area contributed by atoms with Crippen molar-refractivity contribution in [3.05, 3.63) is 71.6 Å². The molecule has 13 heteroatoms. The molecule has 3 aromatic heterocycles. The Morgan fingerprint density at radius 3 is 2.27 bits per heavy atom. The van der Waals surface area contributed by atoms with E-state index in [0.29, 0.717) is 67.1 Å². The number of halogens is 2. The van der Waals surface area contributed by atoms with Crippen molar-refractivity contribution in [1.82, 2.24) is 19.3 Å². The van der Waals surface area contributed by atoms with Crippen LogP contribution in [0.4, 0.5) is 11.4 Å². The average molecular weight is 690 g/mol. The van der Waals surface area contributed by atoms with Crippen LogP contribution in [0.5, 0.6) is 17.2 Å². The number of aromatic nitrogens is 3. The molecule has 2 aliphatic heterocycles. The maximum atomic E-state index is 12.6. The van der Waals surface area contributed by atoms with Crippen molar-refractivity contribution in [2.24, 2.45) is 0 Å². The Kier molecular flexibility index (Phi) is 8.78. The number of ether oxygens (including phenoxy) is 4. The fraction of sp³-hybridized carbons (Fsp3) is 0.286. The maximum Gasteiger partial charge on any atom is 0.247 e. The van der Waals surface area contributed by atoms with Gasteiger partial charge in [-0.2, -0.15) is 0 Å². The minimum absolute atomic E-state index is 0.303. The molecule has 7 rings (SSSR count). The molecule has 0 aliphatic carbocycles. The lowest BCUT2D eigenvalue weighted by molar-refractivity contribution is -0.111.